The van der Waals surface area contributed by atoms with Crippen LogP contribution in [-0.2, 0) is 4.79 Å². The summed E-state index contributed by atoms with van der Waals surface area (Å²) in [5.41, 5.74) is 0.622. The number of rotatable bonds is 4. The highest BCUT2D eigenvalue weighted by Gasteiger charge is 2.21. The third-order valence-electron chi connectivity index (χ3n) is 3.96. The predicted molar refractivity (Wildman–Crippen MR) is 89.6 cm³/mol. The van der Waals surface area contributed by atoms with Gasteiger partial charge in [0.2, 0.25) is 5.91 Å². The zero-order valence-electron chi connectivity index (χ0n) is 12.0. The molecule has 21 heavy (non-hydrogen) atoms. The SMILES string of the molecule is CN(C(=O)CNc1cc(Cl)c(Cl)cc1Cl)C1CCCCC1. The van der Waals surface area contributed by atoms with Crippen molar-refractivity contribution in [2.24, 2.45) is 0 Å². The summed E-state index contributed by atoms with van der Waals surface area (Å²) in [6.07, 6.45) is 5.86. The molecule has 0 unspecified atom stereocenters. The van der Waals surface area contributed by atoms with Gasteiger partial charge >= 0.3 is 0 Å². The van der Waals surface area contributed by atoms with Gasteiger partial charge in [-0.1, -0.05) is 54.1 Å². The van der Waals surface area contributed by atoms with E-state index in [0.717, 1.165) is 12.8 Å². The summed E-state index contributed by atoms with van der Waals surface area (Å²) in [5, 5.41) is 4.30. The van der Waals surface area contributed by atoms with Gasteiger partial charge in [0.25, 0.3) is 0 Å². The highest BCUT2D eigenvalue weighted by molar-refractivity contribution is 6.44. The van der Waals surface area contributed by atoms with Crippen molar-refractivity contribution in [3.05, 3.63) is 27.2 Å². The van der Waals surface area contributed by atoms with Crippen molar-refractivity contribution >= 4 is 46.4 Å². The third-order valence-corrected chi connectivity index (χ3v) is 4.99. The summed E-state index contributed by atoms with van der Waals surface area (Å²) in [5.74, 6) is 0.0593. The maximum atomic E-state index is 12.2. The quantitative estimate of drug-likeness (QED) is 0.788. The minimum atomic E-state index is 0.0593. The molecule has 0 heterocycles. The molecule has 0 saturated heterocycles. The monoisotopic (exact) mass is 348 g/mol. The van der Waals surface area contributed by atoms with Crippen molar-refractivity contribution in [3.8, 4) is 0 Å². The number of carbonyl (C=O) groups excluding carboxylic acids is 1. The van der Waals surface area contributed by atoms with Crippen LogP contribution in [0, 0.1) is 0 Å². The minimum absolute atomic E-state index is 0.0593. The fraction of sp³-hybridized carbons (Fsp3) is 0.533. The molecule has 1 amide bonds. The second-order valence-corrected chi connectivity index (χ2v) is 6.62. The normalized spacial score (nSPS) is 15.8. The first-order valence-corrected chi connectivity index (χ1v) is 8.26. The second kappa shape index (κ2) is 7.57. The van der Waals surface area contributed by atoms with Crippen LogP contribution >= 0.6 is 34.8 Å². The molecule has 0 aromatic heterocycles. The molecular formula is C15H19Cl3N2O. The van der Waals surface area contributed by atoms with Gasteiger partial charge in [-0.2, -0.15) is 0 Å². The number of carbonyl (C=O) groups is 1. The first-order chi connectivity index (χ1) is 9.99. The highest BCUT2D eigenvalue weighted by Crippen LogP contribution is 2.32. The molecule has 0 spiro atoms. The van der Waals surface area contributed by atoms with Crippen molar-refractivity contribution < 1.29 is 4.79 Å². The fourth-order valence-corrected chi connectivity index (χ4v) is 3.24. The van der Waals surface area contributed by atoms with Crippen molar-refractivity contribution in [1.29, 1.82) is 0 Å². The minimum Gasteiger partial charge on any atom is -0.375 e. The molecule has 116 valence electrons. The van der Waals surface area contributed by atoms with Crippen LogP contribution in [0.3, 0.4) is 0 Å². The average Bonchev–Trinajstić information content (AvgIpc) is 2.49. The summed E-state index contributed by atoms with van der Waals surface area (Å²) >= 11 is 17.9. The summed E-state index contributed by atoms with van der Waals surface area (Å²) < 4.78 is 0. The number of amides is 1. The Labute approximate surface area is 140 Å². The summed E-state index contributed by atoms with van der Waals surface area (Å²) in [7, 11) is 1.87. The van der Waals surface area contributed by atoms with Crippen LogP contribution in [0.5, 0.6) is 0 Å². The molecule has 1 saturated carbocycles. The van der Waals surface area contributed by atoms with Crippen LogP contribution in [0.25, 0.3) is 0 Å². The number of likely N-dealkylation sites (N-methyl/N-ethyl adjacent to an activating group) is 1. The first kappa shape index (κ1) is 16.7. The number of hydrogen-bond acceptors (Lipinski definition) is 2. The summed E-state index contributed by atoms with van der Waals surface area (Å²) in [6, 6.07) is 3.57. The van der Waals surface area contributed by atoms with Gasteiger partial charge in [0.15, 0.2) is 0 Å². The molecule has 6 heteroatoms. The van der Waals surface area contributed by atoms with Gasteiger partial charge in [-0.25, -0.2) is 0 Å². The van der Waals surface area contributed by atoms with Gasteiger partial charge in [-0.3, -0.25) is 4.79 Å². The van der Waals surface area contributed by atoms with E-state index < -0.39 is 0 Å². The average molecular weight is 350 g/mol. The molecule has 1 aliphatic rings. The van der Waals surface area contributed by atoms with Crippen LogP contribution in [-0.4, -0.2) is 30.4 Å². The van der Waals surface area contributed by atoms with Gasteiger partial charge in [0.1, 0.15) is 0 Å². The Hall–Kier alpha value is -0.640. The van der Waals surface area contributed by atoms with Crippen LogP contribution in [0.1, 0.15) is 32.1 Å². The summed E-state index contributed by atoms with van der Waals surface area (Å²) in [6.45, 7) is 0.199. The van der Waals surface area contributed by atoms with E-state index >= 15 is 0 Å². The van der Waals surface area contributed by atoms with Crippen molar-refractivity contribution in [3.63, 3.8) is 0 Å². The first-order valence-electron chi connectivity index (χ1n) is 7.13. The molecule has 1 fully saturated rings. The van der Waals surface area contributed by atoms with E-state index in [9.17, 15) is 4.79 Å². The van der Waals surface area contributed by atoms with Crippen LogP contribution in [0.15, 0.2) is 12.1 Å². The van der Waals surface area contributed by atoms with Crippen molar-refractivity contribution in [2.45, 2.75) is 38.1 Å². The molecule has 1 aromatic rings. The Kier molecular flexibility index (Phi) is 6.03. The van der Waals surface area contributed by atoms with Crippen LogP contribution in [0.4, 0.5) is 5.69 Å². The maximum absolute atomic E-state index is 12.2. The van der Waals surface area contributed by atoms with Gasteiger partial charge in [-0.05, 0) is 25.0 Å². The predicted octanol–water partition coefficient (Wildman–Crippen LogP) is 4.85. The van der Waals surface area contributed by atoms with E-state index in [-0.39, 0.29) is 12.5 Å². The molecule has 1 aliphatic carbocycles. The maximum Gasteiger partial charge on any atom is 0.241 e. The Bertz CT molecular complexity index is 516. The Morgan fingerprint density at radius 1 is 1.14 bits per heavy atom. The molecule has 2 rings (SSSR count). The number of nitrogens with zero attached hydrogens (tertiary/aromatic N) is 1. The fourth-order valence-electron chi connectivity index (χ4n) is 2.63. The van der Waals surface area contributed by atoms with Gasteiger partial charge in [0.05, 0.1) is 27.3 Å². The molecular weight excluding hydrogens is 331 g/mol. The lowest BCUT2D eigenvalue weighted by Crippen LogP contribution is -2.41. The Morgan fingerprint density at radius 2 is 1.76 bits per heavy atom. The van der Waals surface area contributed by atoms with E-state index in [1.807, 2.05) is 11.9 Å². The zero-order chi connectivity index (χ0) is 15.4. The Balaban J connectivity index is 1.93. The van der Waals surface area contributed by atoms with Crippen molar-refractivity contribution in [1.82, 2.24) is 4.90 Å². The lowest BCUT2D eigenvalue weighted by Gasteiger charge is -2.31. The highest BCUT2D eigenvalue weighted by atomic mass is 35.5. The second-order valence-electron chi connectivity index (χ2n) is 5.40. The lowest BCUT2D eigenvalue weighted by atomic mass is 9.94. The number of hydrogen-bond donors (Lipinski definition) is 1. The molecule has 0 bridgehead atoms. The van der Waals surface area contributed by atoms with E-state index in [1.165, 1.54) is 19.3 Å². The molecule has 0 aliphatic heterocycles. The Morgan fingerprint density at radius 3 is 2.43 bits per heavy atom. The smallest absolute Gasteiger partial charge is 0.241 e. The topological polar surface area (TPSA) is 32.3 Å². The third kappa shape index (κ3) is 4.41. The van der Waals surface area contributed by atoms with E-state index in [0.29, 0.717) is 26.8 Å². The van der Waals surface area contributed by atoms with Gasteiger partial charge in [0, 0.05) is 13.1 Å². The molecule has 3 nitrogen and oxygen atoms in total. The van der Waals surface area contributed by atoms with E-state index in [1.54, 1.807) is 12.1 Å². The summed E-state index contributed by atoms with van der Waals surface area (Å²) in [4.78, 5) is 14.1. The largest absolute Gasteiger partial charge is 0.375 e. The molecule has 1 aromatic carbocycles. The van der Waals surface area contributed by atoms with Crippen LogP contribution < -0.4 is 5.32 Å². The number of nitrogens with one attached hydrogen (secondary N) is 1. The number of anilines is 1. The zero-order valence-corrected chi connectivity index (χ0v) is 14.2. The van der Waals surface area contributed by atoms with E-state index in [2.05, 4.69) is 5.32 Å². The van der Waals surface area contributed by atoms with Crippen molar-refractivity contribution in [2.75, 3.05) is 18.9 Å². The van der Waals surface area contributed by atoms with Gasteiger partial charge in [-0.15, -0.1) is 0 Å². The van der Waals surface area contributed by atoms with Gasteiger partial charge < -0.3 is 10.2 Å². The van der Waals surface area contributed by atoms with Crippen LogP contribution in [0.2, 0.25) is 15.1 Å². The van der Waals surface area contributed by atoms with E-state index in [4.69, 9.17) is 34.8 Å². The molecule has 0 radical (unpaired) electrons. The lowest BCUT2D eigenvalue weighted by molar-refractivity contribution is -0.130. The number of halogens is 3. The molecule has 1 N–H and O–H groups in total. The standard InChI is InChI=1S/C15H19Cl3N2O/c1-20(10-5-3-2-4-6-10)15(21)9-19-14-8-12(17)11(16)7-13(14)18/h7-8,10,19H,2-6,9H2,1H3. The molecule has 0 atom stereocenters. The number of benzene rings is 1.